The van der Waals surface area contributed by atoms with Crippen LogP contribution < -0.4 is 5.56 Å². The molecular formula is C21H21N3O4. The summed E-state index contributed by atoms with van der Waals surface area (Å²) in [6, 6.07) is 14.7. The van der Waals surface area contributed by atoms with Crippen molar-refractivity contribution in [2.75, 3.05) is 13.7 Å². The summed E-state index contributed by atoms with van der Waals surface area (Å²) in [4.78, 5) is 42.2. The summed E-state index contributed by atoms with van der Waals surface area (Å²) < 4.78 is 6.21. The summed E-state index contributed by atoms with van der Waals surface area (Å²) in [5.74, 6) is -0.992. The highest BCUT2D eigenvalue weighted by Crippen LogP contribution is 2.07. The van der Waals surface area contributed by atoms with E-state index in [1.54, 1.807) is 31.3 Å². The van der Waals surface area contributed by atoms with E-state index in [1.807, 2.05) is 31.2 Å². The minimum atomic E-state index is -0.670. The summed E-state index contributed by atoms with van der Waals surface area (Å²) in [6.07, 6.45) is 1.30. The highest BCUT2D eigenvalue weighted by Gasteiger charge is 2.14. The number of aryl methyl sites for hydroxylation is 1. The Morgan fingerprint density at radius 2 is 1.82 bits per heavy atom. The topological polar surface area (TPSA) is 81.5 Å². The minimum absolute atomic E-state index is 0.300. The molecule has 2 aromatic carbocycles. The predicted molar refractivity (Wildman–Crippen MR) is 105 cm³/mol. The molecule has 0 saturated carbocycles. The number of para-hydroxylation sites is 1. The second-order valence-electron chi connectivity index (χ2n) is 6.59. The summed E-state index contributed by atoms with van der Waals surface area (Å²) in [7, 11) is 1.65. The van der Waals surface area contributed by atoms with Gasteiger partial charge in [-0.1, -0.05) is 42.0 Å². The Balaban J connectivity index is 1.55. The Morgan fingerprint density at radius 3 is 2.57 bits per heavy atom. The maximum absolute atomic E-state index is 12.4. The number of rotatable bonds is 6. The zero-order valence-corrected chi connectivity index (χ0v) is 15.8. The Labute approximate surface area is 162 Å². The van der Waals surface area contributed by atoms with Crippen molar-refractivity contribution in [2.24, 2.45) is 0 Å². The molecule has 0 aliphatic carbocycles. The molecule has 0 spiro atoms. The zero-order chi connectivity index (χ0) is 20.1. The molecule has 0 saturated heterocycles. The molecule has 0 N–H and O–H groups in total. The van der Waals surface area contributed by atoms with Crippen LogP contribution in [0.5, 0.6) is 0 Å². The minimum Gasteiger partial charge on any atom is -0.454 e. The summed E-state index contributed by atoms with van der Waals surface area (Å²) in [5.41, 5.74) is 2.36. The normalized spacial score (nSPS) is 10.6. The summed E-state index contributed by atoms with van der Waals surface area (Å²) >= 11 is 0. The van der Waals surface area contributed by atoms with Crippen molar-refractivity contribution in [3.05, 3.63) is 76.3 Å². The fourth-order valence-electron chi connectivity index (χ4n) is 2.71. The third kappa shape index (κ3) is 4.62. The van der Waals surface area contributed by atoms with Crippen molar-refractivity contribution in [3.63, 3.8) is 0 Å². The van der Waals surface area contributed by atoms with Gasteiger partial charge in [-0.3, -0.25) is 19.0 Å². The second-order valence-corrected chi connectivity index (χ2v) is 6.59. The number of carbonyl (C=O) groups is 2. The van der Waals surface area contributed by atoms with Crippen molar-refractivity contribution in [1.82, 2.24) is 14.5 Å². The van der Waals surface area contributed by atoms with Crippen molar-refractivity contribution in [1.29, 1.82) is 0 Å². The predicted octanol–water partition coefficient (Wildman–Crippen LogP) is 1.91. The van der Waals surface area contributed by atoms with Crippen LogP contribution >= 0.6 is 0 Å². The molecule has 1 aromatic heterocycles. The van der Waals surface area contributed by atoms with Crippen molar-refractivity contribution in [2.45, 2.75) is 20.0 Å². The number of benzene rings is 2. The van der Waals surface area contributed by atoms with Gasteiger partial charge in [0.05, 0.1) is 17.2 Å². The number of amides is 1. The maximum Gasteiger partial charge on any atom is 0.326 e. The first kappa shape index (κ1) is 19.3. The molecule has 0 unspecified atom stereocenters. The zero-order valence-electron chi connectivity index (χ0n) is 15.8. The van der Waals surface area contributed by atoms with Gasteiger partial charge in [0.25, 0.3) is 11.5 Å². The van der Waals surface area contributed by atoms with Gasteiger partial charge in [-0.2, -0.15) is 0 Å². The Bertz CT molecular complexity index is 1060. The SMILES string of the molecule is Cc1ccc(CN(C)C(=O)COC(=O)Cn2cnc3ccccc3c2=O)cc1. The first-order valence-corrected chi connectivity index (χ1v) is 8.83. The van der Waals surface area contributed by atoms with E-state index in [4.69, 9.17) is 4.74 Å². The van der Waals surface area contributed by atoms with E-state index in [0.29, 0.717) is 17.4 Å². The number of ether oxygens (including phenoxy) is 1. The van der Waals surface area contributed by atoms with E-state index in [9.17, 15) is 14.4 Å². The van der Waals surface area contributed by atoms with Gasteiger partial charge in [-0.15, -0.1) is 0 Å². The van der Waals surface area contributed by atoms with Crippen LogP contribution in [0.1, 0.15) is 11.1 Å². The van der Waals surface area contributed by atoms with Gasteiger partial charge in [0, 0.05) is 13.6 Å². The third-order valence-electron chi connectivity index (χ3n) is 4.35. The molecule has 0 fully saturated rings. The molecule has 0 aliphatic heterocycles. The smallest absolute Gasteiger partial charge is 0.326 e. The van der Waals surface area contributed by atoms with Gasteiger partial charge >= 0.3 is 5.97 Å². The number of likely N-dealkylation sites (N-methyl/N-ethyl adjacent to an activating group) is 1. The first-order chi connectivity index (χ1) is 13.4. The molecule has 28 heavy (non-hydrogen) atoms. The third-order valence-corrected chi connectivity index (χ3v) is 4.35. The monoisotopic (exact) mass is 379 g/mol. The molecule has 144 valence electrons. The van der Waals surface area contributed by atoms with Gasteiger partial charge < -0.3 is 9.64 Å². The van der Waals surface area contributed by atoms with E-state index >= 15 is 0 Å². The van der Waals surface area contributed by atoms with Crippen molar-refractivity contribution < 1.29 is 14.3 Å². The summed E-state index contributed by atoms with van der Waals surface area (Å²) in [6.45, 7) is 1.74. The van der Waals surface area contributed by atoms with Crippen LogP contribution in [-0.4, -0.2) is 40.0 Å². The van der Waals surface area contributed by atoms with Crippen LogP contribution in [0, 0.1) is 6.92 Å². The molecule has 1 heterocycles. The lowest BCUT2D eigenvalue weighted by Crippen LogP contribution is -2.32. The highest BCUT2D eigenvalue weighted by molar-refractivity contribution is 5.81. The molecule has 0 aliphatic rings. The standard InChI is InChI=1S/C21H21N3O4/c1-15-7-9-16(10-8-15)11-23(2)19(25)13-28-20(26)12-24-14-22-18-6-4-3-5-17(18)21(24)27/h3-10,14H,11-13H2,1-2H3. The van der Waals surface area contributed by atoms with Crippen LogP contribution in [0.3, 0.4) is 0 Å². The molecule has 3 rings (SSSR count). The van der Waals surface area contributed by atoms with Gasteiger partial charge in [-0.25, -0.2) is 4.98 Å². The average molecular weight is 379 g/mol. The first-order valence-electron chi connectivity index (χ1n) is 8.83. The fraction of sp³-hybridized carbons (Fsp3) is 0.238. The Kier molecular flexibility index (Phi) is 5.84. The lowest BCUT2D eigenvalue weighted by molar-refractivity contribution is -0.152. The molecule has 3 aromatic rings. The fourth-order valence-corrected chi connectivity index (χ4v) is 2.71. The van der Waals surface area contributed by atoms with E-state index in [0.717, 1.165) is 11.1 Å². The van der Waals surface area contributed by atoms with Crippen LogP contribution in [0.2, 0.25) is 0 Å². The average Bonchev–Trinajstić information content (AvgIpc) is 2.70. The van der Waals surface area contributed by atoms with E-state index in [-0.39, 0.29) is 24.6 Å². The second kappa shape index (κ2) is 8.47. The van der Waals surface area contributed by atoms with Crippen LogP contribution in [-0.2, 0) is 27.4 Å². The van der Waals surface area contributed by atoms with Crippen LogP contribution in [0.15, 0.2) is 59.7 Å². The van der Waals surface area contributed by atoms with E-state index in [2.05, 4.69) is 4.98 Å². The molecule has 7 nitrogen and oxygen atoms in total. The lowest BCUT2D eigenvalue weighted by atomic mass is 10.1. The molecular weight excluding hydrogens is 358 g/mol. The number of hydrogen-bond acceptors (Lipinski definition) is 5. The number of fused-ring (bicyclic) bond motifs is 1. The molecule has 7 heteroatoms. The number of aromatic nitrogens is 2. The number of nitrogens with zero attached hydrogens (tertiary/aromatic N) is 3. The van der Waals surface area contributed by atoms with E-state index < -0.39 is 5.97 Å². The van der Waals surface area contributed by atoms with Gasteiger partial charge in [-0.05, 0) is 24.6 Å². The molecule has 0 bridgehead atoms. The highest BCUT2D eigenvalue weighted by atomic mass is 16.5. The number of carbonyl (C=O) groups excluding carboxylic acids is 2. The van der Waals surface area contributed by atoms with Gasteiger partial charge in [0.2, 0.25) is 0 Å². The molecule has 0 atom stereocenters. The summed E-state index contributed by atoms with van der Waals surface area (Å²) in [5, 5.41) is 0.423. The maximum atomic E-state index is 12.4. The number of esters is 1. The van der Waals surface area contributed by atoms with Gasteiger partial charge in [0.1, 0.15) is 6.54 Å². The number of hydrogen-bond donors (Lipinski definition) is 0. The van der Waals surface area contributed by atoms with Crippen LogP contribution in [0.25, 0.3) is 10.9 Å². The molecule has 0 radical (unpaired) electrons. The quantitative estimate of drug-likeness (QED) is 0.611. The van der Waals surface area contributed by atoms with Gasteiger partial charge in [0.15, 0.2) is 6.61 Å². The van der Waals surface area contributed by atoms with Crippen molar-refractivity contribution in [3.8, 4) is 0 Å². The van der Waals surface area contributed by atoms with Crippen LogP contribution in [0.4, 0.5) is 0 Å². The Hall–Kier alpha value is -3.48. The lowest BCUT2D eigenvalue weighted by Gasteiger charge is -2.17. The Morgan fingerprint density at radius 1 is 1.11 bits per heavy atom. The largest absolute Gasteiger partial charge is 0.454 e. The molecule has 1 amide bonds. The van der Waals surface area contributed by atoms with Crippen molar-refractivity contribution >= 4 is 22.8 Å². The van der Waals surface area contributed by atoms with E-state index in [1.165, 1.54) is 15.8 Å².